The SMILES string of the molecule is CCCCCCCCC1(c2cccc(F)c2)CNC1. The Hall–Kier alpha value is -0.890. The molecule has 2 rings (SSSR count). The van der Waals surface area contributed by atoms with E-state index < -0.39 is 0 Å². The van der Waals surface area contributed by atoms with Crippen LogP contribution >= 0.6 is 0 Å². The van der Waals surface area contributed by atoms with Crippen LogP contribution < -0.4 is 5.32 Å². The van der Waals surface area contributed by atoms with E-state index in [0.717, 1.165) is 13.1 Å². The lowest BCUT2D eigenvalue weighted by Gasteiger charge is -2.43. The van der Waals surface area contributed by atoms with Crippen LogP contribution in [0.3, 0.4) is 0 Å². The quantitative estimate of drug-likeness (QED) is 0.685. The summed E-state index contributed by atoms with van der Waals surface area (Å²) in [6, 6.07) is 7.18. The molecule has 0 bridgehead atoms. The summed E-state index contributed by atoms with van der Waals surface area (Å²) in [4.78, 5) is 0. The molecule has 0 saturated carbocycles. The predicted octanol–water partition coefficient (Wildman–Crippen LogP) is 4.42. The predicted molar refractivity (Wildman–Crippen MR) is 78.9 cm³/mol. The van der Waals surface area contributed by atoms with Gasteiger partial charge in [0, 0.05) is 18.5 Å². The van der Waals surface area contributed by atoms with Crippen molar-refractivity contribution < 1.29 is 4.39 Å². The summed E-state index contributed by atoms with van der Waals surface area (Å²) in [6.07, 6.45) is 9.14. The van der Waals surface area contributed by atoms with Gasteiger partial charge in [-0.3, -0.25) is 0 Å². The average Bonchev–Trinajstić information content (AvgIpc) is 2.36. The summed E-state index contributed by atoms with van der Waals surface area (Å²) in [5, 5.41) is 3.36. The molecule has 0 amide bonds. The van der Waals surface area contributed by atoms with Crippen LogP contribution in [0.25, 0.3) is 0 Å². The highest BCUT2D eigenvalue weighted by Crippen LogP contribution is 2.34. The molecule has 0 spiro atoms. The Morgan fingerprint density at radius 3 is 2.47 bits per heavy atom. The molecule has 0 unspecified atom stereocenters. The number of unbranched alkanes of at least 4 members (excludes halogenated alkanes) is 5. The van der Waals surface area contributed by atoms with Crippen LogP contribution in [0.5, 0.6) is 0 Å². The second kappa shape index (κ2) is 7.04. The van der Waals surface area contributed by atoms with Crippen molar-refractivity contribution in [3.05, 3.63) is 35.6 Å². The van der Waals surface area contributed by atoms with E-state index in [0.29, 0.717) is 0 Å². The molecule has 0 aromatic heterocycles. The van der Waals surface area contributed by atoms with Crippen molar-refractivity contribution in [2.45, 2.75) is 57.3 Å². The van der Waals surface area contributed by atoms with Gasteiger partial charge in [-0.2, -0.15) is 0 Å². The van der Waals surface area contributed by atoms with Gasteiger partial charge in [-0.25, -0.2) is 4.39 Å². The minimum atomic E-state index is -0.105. The summed E-state index contributed by atoms with van der Waals surface area (Å²) in [6.45, 7) is 4.26. The maximum absolute atomic E-state index is 13.4. The van der Waals surface area contributed by atoms with Gasteiger partial charge in [-0.1, -0.05) is 57.6 Å². The fraction of sp³-hybridized carbons (Fsp3) is 0.647. The van der Waals surface area contributed by atoms with Crippen molar-refractivity contribution in [1.82, 2.24) is 5.32 Å². The van der Waals surface area contributed by atoms with Gasteiger partial charge in [0.1, 0.15) is 5.82 Å². The van der Waals surface area contributed by atoms with Gasteiger partial charge in [0.15, 0.2) is 0 Å². The van der Waals surface area contributed by atoms with Crippen molar-refractivity contribution in [3.8, 4) is 0 Å². The molecular weight excluding hydrogens is 237 g/mol. The Bertz CT molecular complexity index is 385. The normalized spacial score (nSPS) is 17.2. The van der Waals surface area contributed by atoms with E-state index in [-0.39, 0.29) is 11.2 Å². The van der Waals surface area contributed by atoms with Crippen LogP contribution in [0.15, 0.2) is 24.3 Å². The summed E-state index contributed by atoms with van der Waals surface area (Å²) in [5.41, 5.74) is 1.38. The molecule has 2 heteroatoms. The molecule has 0 atom stereocenters. The molecule has 1 heterocycles. The Morgan fingerprint density at radius 1 is 1.11 bits per heavy atom. The third kappa shape index (κ3) is 3.79. The molecule has 106 valence electrons. The van der Waals surface area contributed by atoms with E-state index >= 15 is 0 Å². The molecule has 1 aromatic carbocycles. The first-order chi connectivity index (χ1) is 9.27. The molecule has 1 aromatic rings. The Morgan fingerprint density at radius 2 is 1.84 bits per heavy atom. The zero-order valence-corrected chi connectivity index (χ0v) is 12.1. The molecule has 1 fully saturated rings. The maximum atomic E-state index is 13.4. The van der Waals surface area contributed by atoms with Crippen LogP contribution in [-0.2, 0) is 5.41 Å². The van der Waals surface area contributed by atoms with Crippen LogP contribution in [0.4, 0.5) is 4.39 Å². The summed E-state index contributed by atoms with van der Waals surface area (Å²) >= 11 is 0. The highest BCUT2D eigenvalue weighted by Gasteiger charge is 2.37. The first kappa shape index (κ1) is 14.5. The molecule has 1 nitrogen and oxygen atoms in total. The highest BCUT2D eigenvalue weighted by molar-refractivity contribution is 5.30. The third-order valence-electron chi connectivity index (χ3n) is 4.37. The lowest BCUT2D eigenvalue weighted by molar-refractivity contribution is 0.248. The van der Waals surface area contributed by atoms with E-state index in [4.69, 9.17) is 0 Å². The molecular formula is C17H26FN. The maximum Gasteiger partial charge on any atom is 0.123 e. The van der Waals surface area contributed by atoms with Crippen molar-refractivity contribution in [1.29, 1.82) is 0 Å². The molecule has 1 N–H and O–H groups in total. The smallest absolute Gasteiger partial charge is 0.123 e. The lowest BCUT2D eigenvalue weighted by Crippen LogP contribution is -2.56. The van der Waals surface area contributed by atoms with Crippen molar-refractivity contribution in [2.24, 2.45) is 0 Å². The van der Waals surface area contributed by atoms with E-state index in [1.54, 1.807) is 6.07 Å². The molecule has 0 radical (unpaired) electrons. The molecule has 19 heavy (non-hydrogen) atoms. The Kier molecular flexibility index (Phi) is 5.38. The molecule has 1 saturated heterocycles. The first-order valence-corrected chi connectivity index (χ1v) is 7.74. The second-order valence-corrected chi connectivity index (χ2v) is 5.91. The topological polar surface area (TPSA) is 12.0 Å². The Balaban J connectivity index is 1.82. The molecule has 0 aliphatic carbocycles. The van der Waals surface area contributed by atoms with Crippen LogP contribution in [0.1, 0.15) is 57.4 Å². The number of hydrogen-bond donors (Lipinski definition) is 1. The number of rotatable bonds is 8. The number of halogens is 1. The van der Waals surface area contributed by atoms with E-state index in [2.05, 4.69) is 18.3 Å². The summed E-state index contributed by atoms with van der Waals surface area (Å²) in [7, 11) is 0. The fourth-order valence-electron chi connectivity index (χ4n) is 3.01. The summed E-state index contributed by atoms with van der Waals surface area (Å²) in [5.74, 6) is -0.105. The van der Waals surface area contributed by atoms with Gasteiger partial charge >= 0.3 is 0 Å². The largest absolute Gasteiger partial charge is 0.315 e. The minimum absolute atomic E-state index is 0.105. The Labute approximate surface area is 116 Å². The monoisotopic (exact) mass is 263 g/mol. The van der Waals surface area contributed by atoms with Crippen molar-refractivity contribution in [2.75, 3.05) is 13.1 Å². The highest BCUT2D eigenvalue weighted by atomic mass is 19.1. The summed E-state index contributed by atoms with van der Waals surface area (Å²) < 4.78 is 13.4. The number of hydrogen-bond acceptors (Lipinski definition) is 1. The minimum Gasteiger partial charge on any atom is -0.315 e. The number of benzene rings is 1. The first-order valence-electron chi connectivity index (χ1n) is 7.74. The lowest BCUT2D eigenvalue weighted by atomic mass is 9.71. The van der Waals surface area contributed by atoms with Crippen molar-refractivity contribution >= 4 is 0 Å². The van der Waals surface area contributed by atoms with Gasteiger partial charge in [-0.05, 0) is 24.1 Å². The third-order valence-corrected chi connectivity index (χ3v) is 4.37. The standard InChI is InChI=1S/C17H26FN/c1-2-3-4-5-6-7-11-17(13-19-14-17)15-9-8-10-16(18)12-15/h8-10,12,19H,2-7,11,13-14H2,1H3. The average molecular weight is 263 g/mol. The van der Waals surface area contributed by atoms with Gasteiger partial charge in [0.2, 0.25) is 0 Å². The van der Waals surface area contributed by atoms with E-state index in [9.17, 15) is 4.39 Å². The fourth-order valence-corrected chi connectivity index (χ4v) is 3.01. The van der Waals surface area contributed by atoms with Crippen LogP contribution in [-0.4, -0.2) is 13.1 Å². The van der Waals surface area contributed by atoms with Crippen LogP contribution in [0.2, 0.25) is 0 Å². The van der Waals surface area contributed by atoms with Gasteiger partial charge < -0.3 is 5.32 Å². The molecule has 1 aliphatic heterocycles. The zero-order valence-electron chi connectivity index (χ0n) is 12.1. The molecule has 1 aliphatic rings. The van der Waals surface area contributed by atoms with Gasteiger partial charge in [0.25, 0.3) is 0 Å². The van der Waals surface area contributed by atoms with Gasteiger partial charge in [0.05, 0.1) is 0 Å². The van der Waals surface area contributed by atoms with Crippen molar-refractivity contribution in [3.63, 3.8) is 0 Å². The zero-order chi connectivity index (χ0) is 13.6. The van der Waals surface area contributed by atoms with Gasteiger partial charge in [-0.15, -0.1) is 0 Å². The van der Waals surface area contributed by atoms with E-state index in [1.165, 1.54) is 56.6 Å². The van der Waals surface area contributed by atoms with E-state index in [1.807, 2.05) is 6.07 Å². The second-order valence-electron chi connectivity index (χ2n) is 5.91. The van der Waals surface area contributed by atoms with Crippen LogP contribution in [0, 0.1) is 5.82 Å². The number of nitrogens with one attached hydrogen (secondary N) is 1.